The SMILES string of the molecule is CC(=O)[C@@H](N)Cc1cc(I)c(Oc2ccc(O)c(I)c2)c(I)c1. The van der Waals surface area contributed by atoms with E-state index in [1.54, 1.807) is 18.2 Å². The minimum Gasteiger partial charge on any atom is -0.507 e. The largest absolute Gasteiger partial charge is 0.507 e. The molecule has 2 rings (SSSR count). The molecule has 0 radical (unpaired) electrons. The topological polar surface area (TPSA) is 72.6 Å². The zero-order valence-corrected chi connectivity index (χ0v) is 18.6. The average molecular weight is 649 g/mol. The van der Waals surface area contributed by atoms with E-state index in [0.717, 1.165) is 22.0 Å². The van der Waals surface area contributed by atoms with Gasteiger partial charge < -0.3 is 15.6 Å². The number of ether oxygens (including phenoxy) is 1. The van der Waals surface area contributed by atoms with Crippen molar-refractivity contribution in [2.75, 3.05) is 0 Å². The zero-order valence-electron chi connectivity index (χ0n) is 12.1. The number of rotatable bonds is 5. The van der Waals surface area contributed by atoms with Gasteiger partial charge in [0, 0.05) is 0 Å². The van der Waals surface area contributed by atoms with E-state index in [2.05, 4.69) is 67.8 Å². The molecule has 0 aliphatic heterocycles. The summed E-state index contributed by atoms with van der Waals surface area (Å²) < 4.78 is 8.58. The molecule has 0 heterocycles. The third-order valence-corrected chi connectivity index (χ3v) is 5.64. The molecular formula is C16H14I3NO3. The van der Waals surface area contributed by atoms with Gasteiger partial charge in [-0.1, -0.05) is 0 Å². The molecule has 0 saturated carbocycles. The third kappa shape index (κ3) is 5.16. The molecule has 0 aliphatic carbocycles. The van der Waals surface area contributed by atoms with E-state index in [0.29, 0.717) is 12.2 Å². The second kappa shape index (κ2) is 8.30. The Labute approximate surface area is 175 Å². The Kier molecular flexibility index (Phi) is 6.92. The summed E-state index contributed by atoms with van der Waals surface area (Å²) in [5, 5.41) is 9.58. The first kappa shape index (κ1) is 19.2. The first-order valence-electron chi connectivity index (χ1n) is 6.68. The monoisotopic (exact) mass is 649 g/mol. The number of phenols is 1. The van der Waals surface area contributed by atoms with Crippen LogP contribution in [0.15, 0.2) is 30.3 Å². The van der Waals surface area contributed by atoms with E-state index in [1.165, 1.54) is 6.92 Å². The maximum Gasteiger partial charge on any atom is 0.154 e. The summed E-state index contributed by atoms with van der Waals surface area (Å²) in [7, 11) is 0. The Bertz CT molecular complexity index is 726. The van der Waals surface area contributed by atoms with Gasteiger partial charge in [0.05, 0.1) is 16.8 Å². The van der Waals surface area contributed by atoms with Crippen LogP contribution >= 0.6 is 67.8 Å². The van der Waals surface area contributed by atoms with Gasteiger partial charge in [-0.2, -0.15) is 0 Å². The molecule has 0 unspecified atom stereocenters. The molecule has 2 aromatic rings. The summed E-state index contributed by atoms with van der Waals surface area (Å²) in [6, 6.07) is 8.59. The Morgan fingerprint density at radius 3 is 2.30 bits per heavy atom. The molecule has 2 aromatic carbocycles. The predicted octanol–water partition coefficient (Wildman–Crippen LogP) is 4.46. The number of benzene rings is 2. The van der Waals surface area contributed by atoms with Gasteiger partial charge in [-0.15, -0.1) is 0 Å². The number of phenolic OH excluding ortho intramolecular Hbond substituents is 1. The summed E-state index contributed by atoms with van der Waals surface area (Å²) in [5.41, 5.74) is 6.84. The summed E-state index contributed by atoms with van der Waals surface area (Å²) in [6.45, 7) is 1.50. The van der Waals surface area contributed by atoms with Crippen LogP contribution in [0.4, 0.5) is 0 Å². The molecule has 0 fully saturated rings. The molecule has 0 aliphatic rings. The van der Waals surface area contributed by atoms with Crippen LogP contribution in [0.2, 0.25) is 0 Å². The summed E-state index contributed by atoms with van der Waals surface area (Å²) in [6.07, 6.45) is 0.513. The maximum absolute atomic E-state index is 11.3. The average Bonchev–Trinajstić information content (AvgIpc) is 2.46. The standard InChI is InChI=1S/C16H14I3NO3/c1-8(21)14(20)6-9-4-12(18)16(13(19)5-9)23-10-2-3-15(22)11(17)7-10/h2-5,7,14,22H,6,20H2,1H3/t14-/m0/s1. The van der Waals surface area contributed by atoms with Crippen molar-refractivity contribution in [3.8, 4) is 17.2 Å². The number of carbonyl (C=O) groups excluding carboxylic acids is 1. The van der Waals surface area contributed by atoms with Gasteiger partial charge in [-0.25, -0.2) is 0 Å². The van der Waals surface area contributed by atoms with Crippen LogP contribution in [0, 0.1) is 10.7 Å². The van der Waals surface area contributed by atoms with Gasteiger partial charge in [0.15, 0.2) is 5.75 Å². The van der Waals surface area contributed by atoms with Gasteiger partial charge in [-0.3, -0.25) is 4.79 Å². The Balaban J connectivity index is 2.26. The number of nitrogens with two attached hydrogens (primary N) is 1. The highest BCUT2D eigenvalue weighted by atomic mass is 127. The van der Waals surface area contributed by atoms with Crippen molar-refractivity contribution in [1.29, 1.82) is 0 Å². The number of ketones is 1. The Hall–Kier alpha value is -0.140. The van der Waals surface area contributed by atoms with Crippen LogP contribution in [0.5, 0.6) is 17.2 Å². The second-order valence-electron chi connectivity index (χ2n) is 5.03. The highest BCUT2D eigenvalue weighted by Crippen LogP contribution is 2.34. The number of Topliss-reactive ketones (excluding diaryl/α,β-unsaturated/α-hetero) is 1. The van der Waals surface area contributed by atoms with E-state index < -0.39 is 6.04 Å². The number of hydrogen-bond donors (Lipinski definition) is 2. The van der Waals surface area contributed by atoms with E-state index in [-0.39, 0.29) is 11.5 Å². The van der Waals surface area contributed by atoms with Crippen molar-refractivity contribution in [2.45, 2.75) is 19.4 Å². The minimum atomic E-state index is -0.480. The Morgan fingerprint density at radius 2 is 1.78 bits per heavy atom. The van der Waals surface area contributed by atoms with Crippen molar-refractivity contribution in [3.05, 3.63) is 46.6 Å². The Morgan fingerprint density at radius 1 is 1.17 bits per heavy atom. The summed E-state index contributed by atoms with van der Waals surface area (Å²) in [5.74, 6) is 1.63. The van der Waals surface area contributed by atoms with Gasteiger partial charge >= 0.3 is 0 Å². The van der Waals surface area contributed by atoms with Crippen molar-refractivity contribution in [2.24, 2.45) is 5.73 Å². The van der Waals surface area contributed by atoms with Crippen LogP contribution in [-0.4, -0.2) is 16.9 Å². The summed E-state index contributed by atoms with van der Waals surface area (Å²) in [4.78, 5) is 11.3. The number of hydrogen-bond acceptors (Lipinski definition) is 4. The quantitative estimate of drug-likeness (QED) is 0.470. The fraction of sp³-hybridized carbons (Fsp3) is 0.188. The molecule has 0 saturated heterocycles. The van der Waals surface area contributed by atoms with Crippen LogP contribution in [0.25, 0.3) is 0 Å². The molecule has 0 bridgehead atoms. The molecular weight excluding hydrogens is 635 g/mol. The maximum atomic E-state index is 11.3. The van der Waals surface area contributed by atoms with Crippen LogP contribution < -0.4 is 10.5 Å². The van der Waals surface area contributed by atoms with E-state index in [9.17, 15) is 9.90 Å². The van der Waals surface area contributed by atoms with E-state index in [1.807, 2.05) is 12.1 Å². The summed E-state index contributed by atoms with van der Waals surface area (Å²) >= 11 is 6.48. The van der Waals surface area contributed by atoms with Crippen molar-refractivity contribution in [3.63, 3.8) is 0 Å². The zero-order chi connectivity index (χ0) is 17.1. The van der Waals surface area contributed by atoms with Gasteiger partial charge in [0.25, 0.3) is 0 Å². The number of carbonyl (C=O) groups is 1. The fourth-order valence-electron chi connectivity index (χ4n) is 1.89. The molecule has 7 heteroatoms. The van der Waals surface area contributed by atoms with Gasteiger partial charge in [0.1, 0.15) is 17.3 Å². The first-order valence-corrected chi connectivity index (χ1v) is 9.92. The first-order chi connectivity index (χ1) is 10.8. The number of halogens is 3. The molecule has 122 valence electrons. The lowest BCUT2D eigenvalue weighted by molar-refractivity contribution is -0.118. The molecule has 0 amide bonds. The lowest BCUT2D eigenvalue weighted by atomic mass is 10.0. The number of aromatic hydroxyl groups is 1. The lowest BCUT2D eigenvalue weighted by Crippen LogP contribution is -2.30. The van der Waals surface area contributed by atoms with Gasteiger partial charge in [0.2, 0.25) is 0 Å². The highest BCUT2D eigenvalue weighted by Gasteiger charge is 2.14. The molecule has 0 aromatic heterocycles. The lowest BCUT2D eigenvalue weighted by Gasteiger charge is -2.14. The molecule has 23 heavy (non-hydrogen) atoms. The van der Waals surface area contributed by atoms with E-state index in [4.69, 9.17) is 10.5 Å². The van der Waals surface area contributed by atoms with Crippen LogP contribution in [-0.2, 0) is 11.2 Å². The third-order valence-electron chi connectivity index (χ3n) is 3.17. The van der Waals surface area contributed by atoms with Crippen molar-refractivity contribution in [1.82, 2.24) is 0 Å². The fourth-order valence-corrected chi connectivity index (χ4v) is 4.50. The minimum absolute atomic E-state index is 0.0194. The molecule has 4 nitrogen and oxygen atoms in total. The molecule has 0 spiro atoms. The van der Waals surface area contributed by atoms with Crippen molar-refractivity contribution < 1.29 is 14.6 Å². The van der Waals surface area contributed by atoms with E-state index >= 15 is 0 Å². The van der Waals surface area contributed by atoms with Gasteiger partial charge in [-0.05, 0) is 117 Å². The van der Waals surface area contributed by atoms with Crippen LogP contribution in [0.3, 0.4) is 0 Å². The van der Waals surface area contributed by atoms with Crippen molar-refractivity contribution >= 4 is 73.6 Å². The van der Waals surface area contributed by atoms with Crippen LogP contribution in [0.1, 0.15) is 12.5 Å². The normalized spacial score (nSPS) is 12.0. The second-order valence-corrected chi connectivity index (χ2v) is 8.51. The highest BCUT2D eigenvalue weighted by molar-refractivity contribution is 14.1. The molecule has 1 atom stereocenters. The molecule has 3 N–H and O–H groups in total. The smallest absolute Gasteiger partial charge is 0.154 e. The predicted molar refractivity (Wildman–Crippen MR) is 115 cm³/mol.